The number of carbonyl (C=O) groups is 5. The van der Waals surface area contributed by atoms with Crippen molar-refractivity contribution < 1.29 is 43.3 Å². The molecule has 294 valence electrons. The number of hydrogen-bond acceptors (Lipinski definition) is 8. The second-order valence-corrected chi connectivity index (χ2v) is 13.7. The second kappa shape index (κ2) is 19.9. The van der Waals surface area contributed by atoms with E-state index in [4.69, 9.17) is 14.2 Å². The van der Waals surface area contributed by atoms with Gasteiger partial charge in [0.05, 0.1) is 37.3 Å². The Morgan fingerprint density at radius 3 is 1.43 bits per heavy atom. The van der Waals surface area contributed by atoms with Gasteiger partial charge in [-0.2, -0.15) is 0 Å². The first-order valence-corrected chi connectivity index (χ1v) is 18.9. The molecule has 12 nitrogen and oxygen atoms in total. The van der Waals surface area contributed by atoms with Gasteiger partial charge in [0.15, 0.2) is 0 Å². The molecule has 56 heavy (non-hydrogen) atoms. The molecule has 0 radical (unpaired) electrons. The van der Waals surface area contributed by atoms with Gasteiger partial charge in [-0.25, -0.2) is 0 Å². The van der Waals surface area contributed by atoms with Gasteiger partial charge < -0.3 is 34.4 Å². The normalized spacial score (nSPS) is 17.1. The number of carboxylic acid groups (broad SMARTS) is 1. The Bertz CT molecular complexity index is 1920. The summed E-state index contributed by atoms with van der Waals surface area (Å²) >= 11 is 0. The predicted octanol–water partition coefficient (Wildman–Crippen LogP) is 6.83. The minimum Gasteiger partial charge on any atom is -0.481 e. The summed E-state index contributed by atoms with van der Waals surface area (Å²) in [6, 6.07) is 32.3. The summed E-state index contributed by atoms with van der Waals surface area (Å²) in [5.41, 5.74) is 1.63. The van der Waals surface area contributed by atoms with Crippen LogP contribution >= 0.6 is 0 Å². The summed E-state index contributed by atoms with van der Waals surface area (Å²) in [5.74, 6) is -4.19. The highest BCUT2D eigenvalue weighted by Crippen LogP contribution is 2.45. The third kappa shape index (κ3) is 10.7. The molecule has 0 bridgehead atoms. The standard InChI is InChI=1S/C44H49N3O9/c1-4-26-46(28-30-16-20-34(21-17-30)55-32-12-8-6-9-13-32)42(51)38-39(41(40(38)44(53)54-3)45-36(48)24-25-37(49)50)43(52)47(27-5-2)29-31-18-22-35(23-19-31)56-33-14-10-7-11-15-33/h6-23,38-41H,4-5,24-29H2,1-3H3,(H,45,48)(H,49,50)/t38-,39-,40-,41-/m1/s1. The van der Waals surface area contributed by atoms with Crippen molar-refractivity contribution in [2.75, 3.05) is 20.2 Å². The number of aliphatic carboxylic acids is 1. The van der Waals surface area contributed by atoms with E-state index in [2.05, 4.69) is 5.32 Å². The van der Waals surface area contributed by atoms with E-state index in [1.807, 2.05) is 123 Å². The summed E-state index contributed by atoms with van der Waals surface area (Å²) < 4.78 is 17.0. The van der Waals surface area contributed by atoms with Crippen molar-refractivity contribution in [1.29, 1.82) is 0 Å². The Labute approximate surface area is 327 Å². The minimum absolute atomic E-state index is 0.203. The van der Waals surface area contributed by atoms with Gasteiger partial charge in [0, 0.05) is 32.6 Å². The van der Waals surface area contributed by atoms with Crippen LogP contribution in [0.4, 0.5) is 0 Å². The van der Waals surface area contributed by atoms with E-state index >= 15 is 0 Å². The van der Waals surface area contributed by atoms with E-state index in [1.54, 1.807) is 9.80 Å². The predicted molar refractivity (Wildman–Crippen MR) is 209 cm³/mol. The number of ether oxygens (including phenoxy) is 3. The Morgan fingerprint density at radius 1 is 0.589 bits per heavy atom. The van der Waals surface area contributed by atoms with E-state index in [0.29, 0.717) is 48.9 Å². The van der Waals surface area contributed by atoms with Crippen LogP contribution in [0.1, 0.15) is 50.7 Å². The zero-order valence-corrected chi connectivity index (χ0v) is 32.0. The third-order valence-corrected chi connectivity index (χ3v) is 9.65. The Balaban J connectivity index is 1.41. The Morgan fingerprint density at radius 2 is 1.02 bits per heavy atom. The molecule has 4 aromatic carbocycles. The number of hydrogen-bond donors (Lipinski definition) is 2. The largest absolute Gasteiger partial charge is 0.481 e. The number of amides is 3. The van der Waals surface area contributed by atoms with Gasteiger partial charge in [-0.15, -0.1) is 0 Å². The molecule has 0 aliphatic heterocycles. The van der Waals surface area contributed by atoms with Crippen LogP contribution < -0.4 is 14.8 Å². The SMILES string of the molecule is CCCN(Cc1ccc(Oc2ccccc2)cc1)C(=O)[C@H]1[C@@H](C(=O)OC)[C@H](NC(=O)CCC(=O)O)[C@@H]1C(=O)N(CCC)Cc1ccc(Oc2ccccc2)cc1. The zero-order chi connectivity index (χ0) is 40.0. The van der Waals surface area contributed by atoms with Crippen LogP contribution in [0.3, 0.4) is 0 Å². The van der Waals surface area contributed by atoms with E-state index in [-0.39, 0.29) is 19.5 Å². The highest BCUT2D eigenvalue weighted by molar-refractivity contribution is 5.97. The van der Waals surface area contributed by atoms with E-state index in [1.165, 1.54) is 7.11 Å². The van der Waals surface area contributed by atoms with Gasteiger partial charge in [0.2, 0.25) is 17.7 Å². The number of carbonyl (C=O) groups excluding carboxylic acids is 4. The lowest BCUT2D eigenvalue weighted by molar-refractivity contribution is -0.176. The number of para-hydroxylation sites is 2. The van der Waals surface area contributed by atoms with Crippen molar-refractivity contribution in [3.8, 4) is 23.0 Å². The molecule has 3 amide bonds. The first-order valence-electron chi connectivity index (χ1n) is 18.9. The smallest absolute Gasteiger partial charge is 0.311 e. The maximum Gasteiger partial charge on any atom is 0.311 e. The number of carboxylic acids is 1. The molecule has 1 fully saturated rings. The average molecular weight is 764 g/mol. The number of methoxy groups -OCH3 is 1. The van der Waals surface area contributed by atoms with Gasteiger partial charge in [0.25, 0.3) is 0 Å². The van der Waals surface area contributed by atoms with Crippen LogP contribution in [0.2, 0.25) is 0 Å². The monoisotopic (exact) mass is 763 g/mol. The van der Waals surface area contributed by atoms with E-state index in [0.717, 1.165) is 11.1 Å². The van der Waals surface area contributed by atoms with Crippen LogP contribution in [-0.4, -0.2) is 70.8 Å². The van der Waals surface area contributed by atoms with Gasteiger partial charge in [-0.3, -0.25) is 24.0 Å². The molecule has 1 aliphatic carbocycles. The number of esters is 1. The Kier molecular flexibility index (Phi) is 14.6. The maximum atomic E-state index is 14.7. The lowest BCUT2D eigenvalue weighted by atomic mass is 9.59. The molecule has 5 rings (SSSR count). The molecule has 0 heterocycles. The lowest BCUT2D eigenvalue weighted by Gasteiger charge is -2.51. The van der Waals surface area contributed by atoms with Crippen LogP contribution in [0.15, 0.2) is 109 Å². The third-order valence-electron chi connectivity index (χ3n) is 9.65. The fourth-order valence-corrected chi connectivity index (χ4v) is 6.96. The molecule has 12 heteroatoms. The lowest BCUT2D eigenvalue weighted by Crippen LogP contribution is -2.70. The van der Waals surface area contributed by atoms with Crippen molar-refractivity contribution in [1.82, 2.24) is 15.1 Å². The number of benzene rings is 4. The molecule has 4 atom stereocenters. The molecule has 2 N–H and O–H groups in total. The second-order valence-electron chi connectivity index (χ2n) is 13.7. The molecule has 0 aromatic heterocycles. The molecule has 1 saturated carbocycles. The van der Waals surface area contributed by atoms with Gasteiger partial charge in [-0.05, 0) is 72.5 Å². The molecule has 0 spiro atoms. The van der Waals surface area contributed by atoms with Crippen molar-refractivity contribution in [2.45, 2.75) is 58.7 Å². The number of rotatable bonds is 19. The molecule has 0 saturated heterocycles. The van der Waals surface area contributed by atoms with Gasteiger partial charge >= 0.3 is 11.9 Å². The molecule has 0 unspecified atom stereocenters. The first kappa shape index (κ1) is 41.0. The van der Waals surface area contributed by atoms with E-state index < -0.39 is 59.9 Å². The highest BCUT2D eigenvalue weighted by Gasteiger charge is 2.62. The van der Waals surface area contributed by atoms with Crippen molar-refractivity contribution in [3.63, 3.8) is 0 Å². The first-order chi connectivity index (χ1) is 27.1. The van der Waals surface area contributed by atoms with Crippen LogP contribution in [0.5, 0.6) is 23.0 Å². The molecule has 4 aromatic rings. The molecule has 1 aliphatic rings. The summed E-state index contributed by atoms with van der Waals surface area (Å²) in [6.45, 7) is 4.96. The van der Waals surface area contributed by atoms with Gasteiger partial charge in [-0.1, -0.05) is 74.5 Å². The highest BCUT2D eigenvalue weighted by atomic mass is 16.5. The summed E-state index contributed by atoms with van der Waals surface area (Å²) in [5, 5.41) is 11.9. The minimum atomic E-state index is -1.17. The van der Waals surface area contributed by atoms with E-state index in [9.17, 15) is 29.1 Å². The van der Waals surface area contributed by atoms with Gasteiger partial charge in [0.1, 0.15) is 23.0 Å². The summed E-state index contributed by atoms with van der Waals surface area (Å²) in [7, 11) is 1.19. The van der Waals surface area contributed by atoms with Crippen molar-refractivity contribution in [3.05, 3.63) is 120 Å². The molecular formula is C44H49N3O9. The quantitative estimate of drug-likeness (QED) is 0.0980. The topological polar surface area (TPSA) is 152 Å². The number of nitrogens with one attached hydrogen (secondary N) is 1. The fourth-order valence-electron chi connectivity index (χ4n) is 6.96. The van der Waals surface area contributed by atoms with Crippen LogP contribution in [0.25, 0.3) is 0 Å². The maximum absolute atomic E-state index is 14.7. The van der Waals surface area contributed by atoms with Crippen LogP contribution in [0, 0.1) is 17.8 Å². The van der Waals surface area contributed by atoms with Crippen molar-refractivity contribution in [2.24, 2.45) is 17.8 Å². The Hall–Kier alpha value is -6.17. The summed E-state index contributed by atoms with van der Waals surface area (Å²) in [4.78, 5) is 70.4. The molecular weight excluding hydrogens is 714 g/mol. The van der Waals surface area contributed by atoms with Crippen molar-refractivity contribution >= 4 is 29.7 Å². The fraction of sp³-hybridized carbons (Fsp3) is 0.341. The average Bonchev–Trinajstić information content (AvgIpc) is 3.20. The van der Waals surface area contributed by atoms with Crippen LogP contribution in [-0.2, 0) is 41.8 Å². The summed E-state index contributed by atoms with van der Waals surface area (Å²) in [6.07, 6.45) is 0.416. The zero-order valence-electron chi connectivity index (χ0n) is 32.0. The number of nitrogens with zero attached hydrogens (tertiary/aromatic N) is 2.